The Bertz CT molecular complexity index is 1340. The summed E-state index contributed by atoms with van der Waals surface area (Å²) in [4.78, 5) is 39.1. The number of benzene rings is 3. The molecule has 3 aromatic carbocycles. The minimum absolute atomic E-state index is 0.0569. The monoisotopic (exact) mass is 529 g/mol. The van der Waals surface area contributed by atoms with E-state index in [0.717, 1.165) is 4.90 Å². The number of carbonyl (C=O) groups excluding carboxylic acids is 3. The van der Waals surface area contributed by atoms with Crippen molar-refractivity contribution in [3.63, 3.8) is 0 Å². The summed E-state index contributed by atoms with van der Waals surface area (Å²) >= 11 is 18.1. The highest BCUT2D eigenvalue weighted by atomic mass is 35.5. The fourth-order valence-electron chi connectivity index (χ4n) is 3.33. The summed E-state index contributed by atoms with van der Waals surface area (Å²) in [6.45, 7) is 2.36. The fraction of sp³-hybridized carbons (Fsp3) is 0.0800. The molecule has 1 aliphatic rings. The first kappa shape index (κ1) is 24.6. The summed E-state index contributed by atoms with van der Waals surface area (Å²) in [7, 11) is 0. The number of anilines is 3. The molecule has 0 fully saturated rings. The molecule has 0 aliphatic carbocycles. The van der Waals surface area contributed by atoms with Gasteiger partial charge in [-0.2, -0.15) is 0 Å². The summed E-state index contributed by atoms with van der Waals surface area (Å²) < 4.78 is 5.39. The van der Waals surface area contributed by atoms with Gasteiger partial charge < -0.3 is 15.4 Å². The average Bonchev–Trinajstić information content (AvgIpc) is 3.05. The molecule has 3 aromatic rings. The number of nitrogens with one attached hydrogen (secondary N) is 2. The number of hydrogen-bond acceptors (Lipinski definition) is 5. The van der Waals surface area contributed by atoms with E-state index in [1.807, 2.05) is 6.92 Å². The van der Waals surface area contributed by atoms with Crippen LogP contribution >= 0.6 is 34.8 Å². The molecule has 0 saturated carbocycles. The summed E-state index contributed by atoms with van der Waals surface area (Å²) in [5, 5.41) is 6.08. The zero-order chi connectivity index (χ0) is 25.1. The van der Waals surface area contributed by atoms with Crippen molar-refractivity contribution in [1.82, 2.24) is 0 Å². The second-order valence-electron chi connectivity index (χ2n) is 7.35. The average molecular weight is 531 g/mol. The van der Waals surface area contributed by atoms with Crippen molar-refractivity contribution in [3.05, 3.63) is 93.1 Å². The molecule has 0 saturated heterocycles. The Hall–Kier alpha value is -3.52. The lowest BCUT2D eigenvalue weighted by Crippen LogP contribution is -2.32. The highest BCUT2D eigenvalue weighted by Gasteiger charge is 2.39. The van der Waals surface area contributed by atoms with Crippen molar-refractivity contribution in [2.24, 2.45) is 0 Å². The van der Waals surface area contributed by atoms with Crippen molar-refractivity contribution in [2.75, 3.05) is 22.1 Å². The van der Waals surface area contributed by atoms with E-state index < -0.39 is 11.8 Å². The van der Waals surface area contributed by atoms with E-state index >= 15 is 0 Å². The third kappa shape index (κ3) is 5.27. The third-order valence-corrected chi connectivity index (χ3v) is 6.12. The Morgan fingerprint density at radius 3 is 2.14 bits per heavy atom. The number of nitrogens with zero attached hydrogens (tertiary/aromatic N) is 1. The maximum absolute atomic E-state index is 13.0. The van der Waals surface area contributed by atoms with E-state index in [1.54, 1.807) is 66.7 Å². The highest BCUT2D eigenvalue weighted by molar-refractivity contribution is 6.53. The van der Waals surface area contributed by atoms with Crippen LogP contribution in [0.25, 0.3) is 0 Å². The van der Waals surface area contributed by atoms with E-state index in [-0.39, 0.29) is 16.6 Å². The minimum Gasteiger partial charge on any atom is -0.494 e. The van der Waals surface area contributed by atoms with Gasteiger partial charge in [-0.25, -0.2) is 4.90 Å². The number of hydrogen-bond donors (Lipinski definition) is 2. The number of carbonyl (C=O) groups is 3. The van der Waals surface area contributed by atoms with Gasteiger partial charge in [0.1, 0.15) is 16.5 Å². The molecule has 10 heteroatoms. The molecule has 0 aromatic heterocycles. The molecule has 0 bridgehead atoms. The van der Waals surface area contributed by atoms with E-state index in [0.29, 0.717) is 45.0 Å². The normalized spacial score (nSPS) is 13.3. The Balaban J connectivity index is 1.45. The maximum atomic E-state index is 13.0. The first-order valence-electron chi connectivity index (χ1n) is 10.4. The molecule has 4 rings (SSSR count). The summed E-state index contributed by atoms with van der Waals surface area (Å²) in [5.41, 5.74) is 1.64. The summed E-state index contributed by atoms with van der Waals surface area (Å²) in [5.74, 6) is -0.969. The lowest BCUT2D eigenvalue weighted by Gasteiger charge is -2.15. The lowest BCUT2D eigenvalue weighted by molar-refractivity contribution is -0.120. The molecule has 0 unspecified atom stereocenters. The molecule has 0 radical (unpaired) electrons. The van der Waals surface area contributed by atoms with E-state index in [1.165, 1.54) is 0 Å². The van der Waals surface area contributed by atoms with Gasteiger partial charge in [-0.3, -0.25) is 14.4 Å². The van der Waals surface area contributed by atoms with E-state index in [9.17, 15) is 14.4 Å². The first-order valence-corrected chi connectivity index (χ1v) is 11.6. The van der Waals surface area contributed by atoms with Crippen LogP contribution in [0.4, 0.5) is 17.1 Å². The standard InChI is InChI=1S/C25H18Cl3N3O4/c1-2-35-18-10-8-17(9-11-18)31-24(33)21(28)22(25(31)34)29-15-5-3-14(4-6-15)23(32)30-16-7-12-19(26)20(27)13-16/h3-13,29H,2H2,1H3,(H,30,32). The zero-order valence-electron chi connectivity index (χ0n) is 18.3. The molecule has 1 heterocycles. The van der Waals surface area contributed by atoms with Gasteiger partial charge in [0.05, 0.1) is 22.3 Å². The van der Waals surface area contributed by atoms with Crippen LogP contribution < -0.4 is 20.3 Å². The Kier molecular flexibility index (Phi) is 7.31. The van der Waals surface area contributed by atoms with Crippen molar-refractivity contribution in [2.45, 2.75) is 6.92 Å². The molecule has 1 aliphatic heterocycles. The largest absolute Gasteiger partial charge is 0.494 e. The molecule has 178 valence electrons. The van der Waals surface area contributed by atoms with Crippen molar-refractivity contribution in [1.29, 1.82) is 0 Å². The number of rotatable bonds is 7. The molecule has 2 N–H and O–H groups in total. The predicted molar refractivity (Wildman–Crippen MR) is 137 cm³/mol. The van der Waals surface area contributed by atoms with Crippen molar-refractivity contribution in [3.8, 4) is 5.75 Å². The topological polar surface area (TPSA) is 87.7 Å². The van der Waals surface area contributed by atoms with Crippen molar-refractivity contribution < 1.29 is 19.1 Å². The summed E-state index contributed by atoms with van der Waals surface area (Å²) in [6, 6.07) is 17.6. The van der Waals surface area contributed by atoms with Crippen LogP contribution in [-0.4, -0.2) is 24.3 Å². The quantitative estimate of drug-likeness (QED) is 0.362. The second-order valence-corrected chi connectivity index (χ2v) is 8.54. The van der Waals surface area contributed by atoms with Crippen LogP contribution in [0.1, 0.15) is 17.3 Å². The molecular formula is C25H18Cl3N3O4. The number of imide groups is 1. The van der Waals surface area contributed by atoms with Gasteiger partial charge in [-0.1, -0.05) is 34.8 Å². The van der Waals surface area contributed by atoms with Gasteiger partial charge in [0, 0.05) is 16.9 Å². The summed E-state index contributed by atoms with van der Waals surface area (Å²) in [6.07, 6.45) is 0. The molecule has 7 nitrogen and oxygen atoms in total. The highest BCUT2D eigenvalue weighted by Crippen LogP contribution is 2.31. The lowest BCUT2D eigenvalue weighted by atomic mass is 10.2. The van der Waals surface area contributed by atoms with E-state index in [2.05, 4.69) is 10.6 Å². The second kappa shape index (κ2) is 10.4. The van der Waals surface area contributed by atoms with Crippen LogP contribution in [-0.2, 0) is 9.59 Å². The van der Waals surface area contributed by atoms with Gasteiger partial charge in [0.2, 0.25) is 0 Å². The smallest absolute Gasteiger partial charge is 0.283 e. The van der Waals surface area contributed by atoms with Crippen molar-refractivity contribution >= 4 is 69.6 Å². The molecular weight excluding hydrogens is 513 g/mol. The van der Waals surface area contributed by atoms with Crippen LogP contribution in [0.5, 0.6) is 5.75 Å². The fourth-order valence-corrected chi connectivity index (χ4v) is 3.84. The molecule has 0 atom stereocenters. The van der Waals surface area contributed by atoms with E-state index in [4.69, 9.17) is 39.5 Å². The maximum Gasteiger partial charge on any atom is 0.283 e. The first-order chi connectivity index (χ1) is 16.8. The van der Waals surface area contributed by atoms with Crippen LogP contribution in [0.15, 0.2) is 77.5 Å². The minimum atomic E-state index is -0.638. The Labute approximate surface area is 216 Å². The number of ether oxygens (including phenoxy) is 1. The zero-order valence-corrected chi connectivity index (χ0v) is 20.5. The Morgan fingerprint density at radius 2 is 1.51 bits per heavy atom. The SMILES string of the molecule is CCOc1ccc(N2C(=O)C(Cl)=C(Nc3ccc(C(=O)Nc4ccc(Cl)c(Cl)c4)cc3)C2=O)cc1. The molecule has 3 amide bonds. The molecule has 35 heavy (non-hydrogen) atoms. The van der Waals surface area contributed by atoms with Gasteiger partial charge in [-0.05, 0) is 73.7 Å². The molecule has 0 spiro atoms. The van der Waals surface area contributed by atoms with Crippen LogP contribution in [0, 0.1) is 0 Å². The number of amides is 3. The van der Waals surface area contributed by atoms with Gasteiger partial charge in [-0.15, -0.1) is 0 Å². The van der Waals surface area contributed by atoms with Gasteiger partial charge in [0.25, 0.3) is 17.7 Å². The Morgan fingerprint density at radius 1 is 0.857 bits per heavy atom. The van der Waals surface area contributed by atoms with Crippen LogP contribution in [0.3, 0.4) is 0 Å². The third-order valence-electron chi connectivity index (χ3n) is 5.03. The van der Waals surface area contributed by atoms with Gasteiger partial charge in [0.15, 0.2) is 0 Å². The van der Waals surface area contributed by atoms with Crippen LogP contribution in [0.2, 0.25) is 10.0 Å². The number of halogens is 3. The van der Waals surface area contributed by atoms with Gasteiger partial charge >= 0.3 is 0 Å². The predicted octanol–water partition coefficient (Wildman–Crippen LogP) is 6.08.